The lowest BCUT2D eigenvalue weighted by Crippen LogP contribution is -2.35. The molecule has 0 saturated heterocycles. The van der Waals surface area contributed by atoms with E-state index in [4.69, 9.17) is 21.1 Å². The van der Waals surface area contributed by atoms with Gasteiger partial charge >= 0.3 is 11.9 Å². The summed E-state index contributed by atoms with van der Waals surface area (Å²) in [7, 11) is 0. The third-order valence-corrected chi connectivity index (χ3v) is 5.29. The van der Waals surface area contributed by atoms with Crippen LogP contribution in [0, 0.1) is 12.3 Å². The van der Waals surface area contributed by atoms with Gasteiger partial charge in [0.25, 0.3) is 0 Å². The van der Waals surface area contributed by atoms with Crippen LogP contribution >= 0.6 is 11.6 Å². The molecule has 1 atom stereocenters. The largest absolute Gasteiger partial charge is 0.505 e. The number of carbonyl (C=O) groups excluding carboxylic acids is 2. The Morgan fingerprint density at radius 2 is 2.00 bits per heavy atom. The zero-order valence-corrected chi connectivity index (χ0v) is 19.0. The standard InChI is InChI=1S/C22H27ClN2O6/c1-6-30-21(29)16-11-25(8-7-17(16)27)19(22(4,5)12-31-14(3)26)10-15-9-18(28)20(23)24-13(15)2/h7-9,11,19,28H,6,10,12H2,1-5H3. The molecule has 0 aromatic carbocycles. The fourth-order valence-corrected chi connectivity index (χ4v) is 3.43. The molecular formula is C22H27ClN2O6. The summed E-state index contributed by atoms with van der Waals surface area (Å²) in [5, 5.41) is 10.0. The van der Waals surface area contributed by atoms with E-state index in [2.05, 4.69) is 4.98 Å². The van der Waals surface area contributed by atoms with Crippen molar-refractivity contribution in [2.45, 2.75) is 47.1 Å². The molecule has 0 aliphatic carbocycles. The average molecular weight is 451 g/mol. The van der Waals surface area contributed by atoms with Crippen LogP contribution in [-0.2, 0) is 20.7 Å². The molecule has 0 amide bonds. The van der Waals surface area contributed by atoms with Gasteiger partial charge in [-0.25, -0.2) is 9.78 Å². The number of hydrogen-bond acceptors (Lipinski definition) is 7. The van der Waals surface area contributed by atoms with Crippen molar-refractivity contribution in [1.29, 1.82) is 0 Å². The van der Waals surface area contributed by atoms with Crippen LogP contribution in [0.15, 0.2) is 29.3 Å². The van der Waals surface area contributed by atoms with Crippen molar-refractivity contribution in [3.8, 4) is 5.75 Å². The van der Waals surface area contributed by atoms with Gasteiger partial charge in [0, 0.05) is 42.5 Å². The topological polar surface area (TPSA) is 108 Å². The van der Waals surface area contributed by atoms with Crippen molar-refractivity contribution in [2.75, 3.05) is 13.2 Å². The maximum atomic E-state index is 12.2. The molecule has 0 fully saturated rings. The Labute approximate surface area is 185 Å². The predicted molar refractivity (Wildman–Crippen MR) is 115 cm³/mol. The molecule has 31 heavy (non-hydrogen) atoms. The highest BCUT2D eigenvalue weighted by Crippen LogP contribution is 2.36. The number of rotatable bonds is 8. The molecule has 8 nitrogen and oxygen atoms in total. The second-order valence-electron chi connectivity index (χ2n) is 7.92. The molecule has 0 aliphatic rings. The number of aromatic hydroxyl groups is 1. The fraction of sp³-hybridized carbons (Fsp3) is 0.455. The second kappa shape index (κ2) is 9.96. The number of nitrogens with zero attached hydrogens (tertiary/aromatic N) is 2. The molecule has 0 saturated carbocycles. The predicted octanol–water partition coefficient (Wildman–Crippen LogP) is 3.46. The van der Waals surface area contributed by atoms with E-state index in [0.717, 1.165) is 5.56 Å². The Morgan fingerprint density at radius 3 is 2.61 bits per heavy atom. The number of carbonyl (C=O) groups is 2. The van der Waals surface area contributed by atoms with E-state index in [1.54, 1.807) is 24.6 Å². The van der Waals surface area contributed by atoms with Gasteiger partial charge in [-0.15, -0.1) is 0 Å². The van der Waals surface area contributed by atoms with Gasteiger partial charge in [-0.2, -0.15) is 0 Å². The van der Waals surface area contributed by atoms with Crippen LogP contribution < -0.4 is 5.43 Å². The summed E-state index contributed by atoms with van der Waals surface area (Å²) in [6, 6.07) is 2.46. The highest BCUT2D eigenvalue weighted by Gasteiger charge is 2.33. The molecule has 0 radical (unpaired) electrons. The first-order valence-corrected chi connectivity index (χ1v) is 10.2. The second-order valence-corrected chi connectivity index (χ2v) is 8.28. The number of aromatic nitrogens is 2. The van der Waals surface area contributed by atoms with Crippen molar-refractivity contribution in [3.05, 3.63) is 56.7 Å². The molecule has 0 aliphatic heterocycles. The maximum absolute atomic E-state index is 12.2. The first-order valence-electron chi connectivity index (χ1n) is 9.83. The molecule has 1 N–H and O–H groups in total. The van der Waals surface area contributed by atoms with Crippen LogP contribution in [-0.4, -0.2) is 39.8 Å². The van der Waals surface area contributed by atoms with Gasteiger partial charge in [-0.3, -0.25) is 9.59 Å². The molecular weight excluding hydrogens is 424 g/mol. The lowest BCUT2D eigenvalue weighted by molar-refractivity contribution is -0.144. The molecule has 9 heteroatoms. The molecule has 2 aromatic rings. The van der Waals surface area contributed by atoms with Crippen LogP contribution in [0.3, 0.4) is 0 Å². The van der Waals surface area contributed by atoms with Crippen LogP contribution in [0.2, 0.25) is 5.15 Å². The van der Waals surface area contributed by atoms with Crippen molar-refractivity contribution < 1.29 is 24.2 Å². The minimum absolute atomic E-state index is 0.00457. The zero-order valence-electron chi connectivity index (χ0n) is 18.3. The van der Waals surface area contributed by atoms with E-state index >= 15 is 0 Å². The number of ether oxygens (including phenoxy) is 2. The Balaban J connectivity index is 2.56. The monoisotopic (exact) mass is 450 g/mol. The van der Waals surface area contributed by atoms with Crippen LogP contribution in [0.4, 0.5) is 0 Å². The number of esters is 2. The smallest absolute Gasteiger partial charge is 0.343 e. The average Bonchev–Trinajstić information content (AvgIpc) is 2.69. The summed E-state index contributed by atoms with van der Waals surface area (Å²) in [4.78, 5) is 40.0. The lowest BCUT2D eigenvalue weighted by atomic mass is 9.81. The van der Waals surface area contributed by atoms with Gasteiger partial charge in [0.1, 0.15) is 5.56 Å². The Hall–Kier alpha value is -2.87. The quantitative estimate of drug-likeness (QED) is 0.484. The number of halogens is 1. The van der Waals surface area contributed by atoms with Gasteiger partial charge in [0.05, 0.1) is 13.2 Å². The number of aryl methyl sites for hydroxylation is 1. The van der Waals surface area contributed by atoms with E-state index < -0.39 is 22.8 Å². The van der Waals surface area contributed by atoms with E-state index in [1.807, 2.05) is 13.8 Å². The van der Waals surface area contributed by atoms with E-state index in [1.165, 1.54) is 25.3 Å². The van der Waals surface area contributed by atoms with Crippen LogP contribution in [0.1, 0.15) is 55.4 Å². The highest BCUT2D eigenvalue weighted by atomic mass is 35.5. The third-order valence-electron chi connectivity index (χ3n) is 5.01. The molecule has 1 unspecified atom stereocenters. The summed E-state index contributed by atoms with van der Waals surface area (Å²) in [5.41, 5.74) is 0.190. The van der Waals surface area contributed by atoms with E-state index in [-0.39, 0.29) is 35.7 Å². The van der Waals surface area contributed by atoms with Crippen molar-refractivity contribution in [2.24, 2.45) is 5.41 Å². The molecule has 0 spiro atoms. The first-order chi connectivity index (χ1) is 14.5. The highest BCUT2D eigenvalue weighted by molar-refractivity contribution is 6.30. The third kappa shape index (κ3) is 6.07. The number of pyridine rings is 2. The van der Waals surface area contributed by atoms with E-state index in [0.29, 0.717) is 12.1 Å². The molecule has 2 aromatic heterocycles. The Bertz CT molecular complexity index is 1030. The lowest BCUT2D eigenvalue weighted by Gasteiger charge is -2.36. The Kier molecular flexibility index (Phi) is 7.84. The van der Waals surface area contributed by atoms with Gasteiger partial charge in [0.15, 0.2) is 16.3 Å². The summed E-state index contributed by atoms with van der Waals surface area (Å²) >= 11 is 5.91. The Morgan fingerprint density at radius 1 is 1.32 bits per heavy atom. The summed E-state index contributed by atoms with van der Waals surface area (Å²) in [6.07, 6.45) is 3.38. The molecule has 2 heterocycles. The van der Waals surface area contributed by atoms with Gasteiger partial charge in [0.2, 0.25) is 0 Å². The van der Waals surface area contributed by atoms with Crippen LogP contribution in [0.5, 0.6) is 5.75 Å². The summed E-state index contributed by atoms with van der Waals surface area (Å²) in [5.74, 6) is -1.27. The van der Waals surface area contributed by atoms with Crippen LogP contribution in [0.25, 0.3) is 0 Å². The number of hydrogen-bond donors (Lipinski definition) is 1. The summed E-state index contributed by atoms with van der Waals surface area (Å²) < 4.78 is 12.0. The van der Waals surface area contributed by atoms with Crippen molar-refractivity contribution in [3.63, 3.8) is 0 Å². The molecule has 168 valence electrons. The van der Waals surface area contributed by atoms with Crippen molar-refractivity contribution >= 4 is 23.5 Å². The maximum Gasteiger partial charge on any atom is 0.343 e. The molecule has 0 bridgehead atoms. The van der Waals surface area contributed by atoms with Gasteiger partial charge < -0.3 is 19.1 Å². The minimum atomic E-state index is -0.708. The minimum Gasteiger partial charge on any atom is -0.505 e. The van der Waals surface area contributed by atoms with E-state index in [9.17, 15) is 19.5 Å². The first kappa shape index (κ1) is 24.4. The SMILES string of the molecule is CCOC(=O)c1cn(C(Cc2cc(O)c(Cl)nc2C)C(C)(C)COC(C)=O)ccc1=O. The van der Waals surface area contributed by atoms with Gasteiger partial charge in [-0.1, -0.05) is 25.4 Å². The zero-order chi connectivity index (χ0) is 23.3. The summed E-state index contributed by atoms with van der Waals surface area (Å²) in [6.45, 7) is 8.81. The molecule has 2 rings (SSSR count). The van der Waals surface area contributed by atoms with Crippen molar-refractivity contribution in [1.82, 2.24) is 9.55 Å². The van der Waals surface area contributed by atoms with Gasteiger partial charge in [-0.05, 0) is 31.9 Å². The fourth-order valence-electron chi connectivity index (χ4n) is 3.24. The normalized spacial score (nSPS) is 12.3.